The molecule has 0 spiro atoms. The number of hydrogen-bond acceptors (Lipinski definition) is 6. The summed E-state index contributed by atoms with van der Waals surface area (Å²) in [7, 11) is 0. The van der Waals surface area contributed by atoms with Crippen molar-refractivity contribution in [1.82, 2.24) is 15.6 Å². The number of amides is 2. The first-order chi connectivity index (χ1) is 22.9. The molecule has 0 saturated heterocycles. The molecule has 0 unspecified atom stereocenters. The van der Waals surface area contributed by atoms with Crippen LogP contribution in [-0.4, -0.2) is 46.6 Å². The molecule has 0 aliphatic rings. The number of nitrogens with zero attached hydrogens (tertiary/aromatic N) is 1. The van der Waals surface area contributed by atoms with Crippen LogP contribution in [0.5, 0.6) is 5.75 Å². The summed E-state index contributed by atoms with van der Waals surface area (Å²) in [6.45, 7) is 10.6. The Balaban J connectivity index is 1.40. The van der Waals surface area contributed by atoms with E-state index in [4.69, 9.17) is 4.74 Å². The molecule has 2 amide bonds. The highest BCUT2D eigenvalue weighted by Crippen LogP contribution is 2.30. The Kier molecular flexibility index (Phi) is 12.9. The molecular formula is C39H47N3O5S. The summed E-state index contributed by atoms with van der Waals surface area (Å²) in [5.41, 5.74) is 4.47. The highest BCUT2D eigenvalue weighted by atomic mass is 32.1. The predicted molar refractivity (Wildman–Crippen MR) is 193 cm³/mol. The number of pyridine rings is 1. The molecule has 0 fully saturated rings. The molecule has 2 aromatic heterocycles. The lowest BCUT2D eigenvalue weighted by atomic mass is 9.95. The van der Waals surface area contributed by atoms with Gasteiger partial charge in [-0.1, -0.05) is 95.8 Å². The van der Waals surface area contributed by atoms with Crippen LogP contribution in [0, 0.1) is 0 Å². The number of thiophene rings is 1. The lowest BCUT2D eigenvalue weighted by molar-refractivity contribution is -0.141. The average molecular weight is 670 g/mol. The summed E-state index contributed by atoms with van der Waals surface area (Å²) in [5.74, 6) is -1.22. The molecule has 2 heterocycles. The lowest BCUT2D eigenvalue weighted by Crippen LogP contribution is -2.51. The minimum atomic E-state index is -1.15. The number of aromatic nitrogens is 1. The number of rotatable bonds is 16. The molecule has 0 aliphatic carbocycles. The lowest BCUT2D eigenvalue weighted by Gasteiger charge is -2.20. The van der Waals surface area contributed by atoms with Gasteiger partial charge in [0.15, 0.2) is 0 Å². The van der Waals surface area contributed by atoms with Gasteiger partial charge >= 0.3 is 5.97 Å². The number of carbonyl (C=O) groups is 3. The third-order valence-corrected chi connectivity index (χ3v) is 9.59. The molecular weight excluding hydrogens is 623 g/mol. The van der Waals surface area contributed by atoms with Crippen molar-refractivity contribution >= 4 is 29.1 Å². The standard InChI is InChI=1S/C39H47N3O5S/c1-6-7-8-9-10-23-47-31-18-15-28(16-19-31)30-17-20-32(40-25-30)29-13-11-27(12-14-29)24-33(36(43)41-26(2)38(45)46)42-37(44)34-21-22-35(48-34)39(3,4)5/h11-22,25-26,33H,6-10,23-24H2,1-5H3,(H,41,43)(H,42,44)(H,45,46)/t26-,33+/m1/s1. The van der Waals surface area contributed by atoms with E-state index < -0.39 is 24.0 Å². The van der Waals surface area contributed by atoms with E-state index in [9.17, 15) is 19.5 Å². The van der Waals surface area contributed by atoms with Crippen molar-refractivity contribution in [2.24, 2.45) is 0 Å². The Hall–Kier alpha value is -4.50. The smallest absolute Gasteiger partial charge is 0.325 e. The van der Waals surface area contributed by atoms with Gasteiger partial charge in [0, 0.05) is 28.6 Å². The Morgan fingerprint density at radius 3 is 2.10 bits per heavy atom. The van der Waals surface area contributed by atoms with Crippen LogP contribution in [0.2, 0.25) is 0 Å². The van der Waals surface area contributed by atoms with Crippen LogP contribution in [0.3, 0.4) is 0 Å². The summed E-state index contributed by atoms with van der Waals surface area (Å²) in [6, 6.07) is 21.3. The van der Waals surface area contributed by atoms with Crippen LogP contribution in [0.1, 0.15) is 86.8 Å². The van der Waals surface area contributed by atoms with Crippen molar-refractivity contribution in [1.29, 1.82) is 0 Å². The monoisotopic (exact) mass is 669 g/mol. The molecule has 2 aromatic carbocycles. The third-order valence-electron chi connectivity index (χ3n) is 8.08. The summed E-state index contributed by atoms with van der Waals surface area (Å²) in [4.78, 5) is 43.9. The van der Waals surface area contributed by atoms with Crippen molar-refractivity contribution in [2.75, 3.05) is 6.61 Å². The first kappa shape index (κ1) is 36.3. The largest absolute Gasteiger partial charge is 0.494 e. The molecule has 9 heteroatoms. The predicted octanol–water partition coefficient (Wildman–Crippen LogP) is 8.05. The molecule has 4 aromatic rings. The zero-order valence-corrected chi connectivity index (χ0v) is 29.4. The number of nitrogens with one attached hydrogen (secondary N) is 2. The Labute approximate surface area is 288 Å². The van der Waals surface area contributed by atoms with Gasteiger partial charge < -0.3 is 20.5 Å². The van der Waals surface area contributed by atoms with Gasteiger partial charge in [-0.25, -0.2) is 0 Å². The van der Waals surface area contributed by atoms with Crippen LogP contribution in [0.25, 0.3) is 22.4 Å². The number of carboxylic acid groups (broad SMARTS) is 1. The van der Waals surface area contributed by atoms with E-state index in [1.54, 1.807) is 6.07 Å². The Morgan fingerprint density at radius 1 is 0.833 bits per heavy atom. The quantitative estimate of drug-likeness (QED) is 0.104. The van der Waals surface area contributed by atoms with Gasteiger partial charge in [-0.2, -0.15) is 0 Å². The van der Waals surface area contributed by atoms with Crippen LogP contribution in [0.4, 0.5) is 0 Å². The molecule has 48 heavy (non-hydrogen) atoms. The molecule has 3 N–H and O–H groups in total. The van der Waals surface area contributed by atoms with Gasteiger partial charge in [-0.05, 0) is 60.2 Å². The van der Waals surface area contributed by atoms with Crippen molar-refractivity contribution in [2.45, 2.75) is 90.6 Å². The zero-order chi connectivity index (χ0) is 34.7. The van der Waals surface area contributed by atoms with Crippen molar-refractivity contribution in [3.8, 4) is 28.1 Å². The molecule has 0 bridgehead atoms. The highest BCUT2D eigenvalue weighted by molar-refractivity contribution is 7.14. The number of benzene rings is 2. The topological polar surface area (TPSA) is 118 Å². The number of hydrogen-bond donors (Lipinski definition) is 3. The fourth-order valence-electron chi connectivity index (χ4n) is 5.10. The van der Waals surface area contributed by atoms with E-state index >= 15 is 0 Å². The number of unbranched alkanes of at least 4 members (excludes halogenated alkanes) is 4. The van der Waals surface area contributed by atoms with Crippen molar-refractivity contribution < 1.29 is 24.2 Å². The van der Waals surface area contributed by atoms with Crippen molar-refractivity contribution in [3.05, 3.63) is 94.3 Å². The van der Waals surface area contributed by atoms with E-state index in [1.807, 2.05) is 72.9 Å². The Bertz CT molecular complexity index is 1640. The second-order valence-corrected chi connectivity index (χ2v) is 14.2. The van der Waals surface area contributed by atoms with Crippen LogP contribution in [0.15, 0.2) is 79.0 Å². The highest BCUT2D eigenvalue weighted by Gasteiger charge is 2.26. The zero-order valence-electron chi connectivity index (χ0n) is 28.5. The maximum absolute atomic E-state index is 13.2. The SMILES string of the molecule is CCCCCCCOc1ccc(-c2ccc(-c3ccc(C[C@H](NC(=O)c4ccc(C(C)(C)C)s4)C(=O)N[C@H](C)C(=O)O)cc3)nc2)cc1. The molecule has 254 valence electrons. The molecule has 2 atom stereocenters. The van der Waals surface area contributed by atoms with E-state index in [-0.39, 0.29) is 17.7 Å². The third kappa shape index (κ3) is 10.5. The maximum Gasteiger partial charge on any atom is 0.325 e. The van der Waals surface area contributed by atoms with Crippen LogP contribution in [-0.2, 0) is 21.4 Å². The van der Waals surface area contributed by atoms with Gasteiger partial charge in [-0.15, -0.1) is 11.3 Å². The fourth-order valence-corrected chi connectivity index (χ4v) is 6.07. The number of aliphatic carboxylic acids is 1. The maximum atomic E-state index is 13.2. The molecule has 0 aliphatic heterocycles. The number of carbonyl (C=O) groups excluding carboxylic acids is 2. The van der Waals surface area contributed by atoms with Gasteiger partial charge in [0.1, 0.15) is 17.8 Å². The summed E-state index contributed by atoms with van der Waals surface area (Å²) in [6.07, 6.45) is 8.08. The minimum absolute atomic E-state index is 0.110. The van der Waals surface area contributed by atoms with Gasteiger partial charge in [0.25, 0.3) is 5.91 Å². The van der Waals surface area contributed by atoms with E-state index in [1.165, 1.54) is 43.9 Å². The summed E-state index contributed by atoms with van der Waals surface area (Å²) >= 11 is 1.38. The number of ether oxygens (including phenoxy) is 1. The average Bonchev–Trinajstić information content (AvgIpc) is 3.59. The van der Waals surface area contributed by atoms with Crippen LogP contribution >= 0.6 is 11.3 Å². The molecule has 4 rings (SSSR count). The number of carboxylic acids is 1. The first-order valence-electron chi connectivity index (χ1n) is 16.7. The molecule has 0 radical (unpaired) electrons. The van der Waals surface area contributed by atoms with E-state index in [2.05, 4.69) is 43.3 Å². The Morgan fingerprint density at radius 2 is 1.50 bits per heavy atom. The van der Waals surface area contributed by atoms with Crippen molar-refractivity contribution in [3.63, 3.8) is 0 Å². The second kappa shape index (κ2) is 17.1. The summed E-state index contributed by atoms with van der Waals surface area (Å²) < 4.78 is 5.90. The second-order valence-electron chi connectivity index (χ2n) is 13.1. The van der Waals surface area contributed by atoms with Gasteiger partial charge in [-0.3, -0.25) is 19.4 Å². The van der Waals surface area contributed by atoms with E-state index in [0.29, 0.717) is 4.88 Å². The first-order valence-corrected chi connectivity index (χ1v) is 17.5. The van der Waals surface area contributed by atoms with Crippen LogP contribution < -0.4 is 15.4 Å². The normalized spacial score (nSPS) is 12.6. The minimum Gasteiger partial charge on any atom is -0.494 e. The van der Waals surface area contributed by atoms with Gasteiger partial charge in [0.05, 0.1) is 17.2 Å². The van der Waals surface area contributed by atoms with Gasteiger partial charge in [0.2, 0.25) is 5.91 Å². The molecule has 0 saturated carbocycles. The summed E-state index contributed by atoms with van der Waals surface area (Å²) in [5, 5.41) is 14.6. The fraction of sp³-hybridized carbons (Fsp3) is 0.385. The molecule has 8 nitrogen and oxygen atoms in total. The van der Waals surface area contributed by atoms with E-state index in [0.717, 1.165) is 51.6 Å².